The van der Waals surface area contributed by atoms with Crippen LogP contribution < -0.4 is 16.0 Å². The molecule has 0 saturated carbocycles. The zero-order valence-electron chi connectivity index (χ0n) is 10.9. The van der Waals surface area contributed by atoms with E-state index < -0.39 is 0 Å². The maximum Gasteiger partial charge on any atom is 0.224 e. The number of anilines is 2. The van der Waals surface area contributed by atoms with Gasteiger partial charge >= 0.3 is 0 Å². The van der Waals surface area contributed by atoms with Gasteiger partial charge in [0.25, 0.3) is 0 Å². The number of carbonyl (C=O) groups is 1. The molecule has 6 nitrogen and oxygen atoms in total. The predicted octanol–water partition coefficient (Wildman–Crippen LogP) is 1.75. The molecule has 1 atom stereocenters. The van der Waals surface area contributed by atoms with Crippen molar-refractivity contribution in [1.82, 2.24) is 15.3 Å². The molecule has 0 aliphatic carbocycles. The summed E-state index contributed by atoms with van der Waals surface area (Å²) in [5, 5.41) is 9.30. The third kappa shape index (κ3) is 4.05. The maximum atomic E-state index is 11.1. The highest BCUT2D eigenvalue weighted by Crippen LogP contribution is 2.20. The van der Waals surface area contributed by atoms with Gasteiger partial charge < -0.3 is 16.0 Å². The summed E-state index contributed by atoms with van der Waals surface area (Å²) in [4.78, 5) is 19.7. The van der Waals surface area contributed by atoms with E-state index in [0.717, 1.165) is 29.7 Å². The molecule has 2 rings (SSSR count). The Morgan fingerprint density at radius 3 is 3.05 bits per heavy atom. The predicted molar refractivity (Wildman–Crippen MR) is 78.2 cm³/mol. The van der Waals surface area contributed by atoms with Gasteiger partial charge in [-0.1, -0.05) is 6.92 Å². The van der Waals surface area contributed by atoms with Gasteiger partial charge in [-0.3, -0.25) is 4.79 Å². The van der Waals surface area contributed by atoms with Crippen LogP contribution in [0.5, 0.6) is 0 Å². The van der Waals surface area contributed by atoms with Crippen LogP contribution in [0.4, 0.5) is 11.8 Å². The fraction of sp³-hybridized carbons (Fsp3) is 0.583. The Hall–Kier alpha value is -1.37. The molecule has 0 spiro atoms. The number of nitrogens with one attached hydrogen (secondary N) is 3. The summed E-state index contributed by atoms with van der Waals surface area (Å²) in [6.07, 6.45) is 4.23. The topological polar surface area (TPSA) is 78.9 Å². The molecule has 1 fully saturated rings. The zero-order chi connectivity index (χ0) is 13.7. The van der Waals surface area contributed by atoms with Crippen molar-refractivity contribution in [3.8, 4) is 0 Å². The molecule has 1 aromatic rings. The van der Waals surface area contributed by atoms with Crippen molar-refractivity contribution in [2.24, 2.45) is 0 Å². The van der Waals surface area contributed by atoms with Crippen molar-refractivity contribution >= 4 is 33.6 Å². The molecule has 0 radical (unpaired) electrons. The molecule has 1 aliphatic rings. The fourth-order valence-electron chi connectivity index (χ4n) is 1.86. The van der Waals surface area contributed by atoms with Gasteiger partial charge in [0.1, 0.15) is 5.82 Å². The highest BCUT2D eigenvalue weighted by Gasteiger charge is 2.20. The normalized spacial score (nSPS) is 18.2. The molecule has 0 bridgehead atoms. The minimum absolute atomic E-state index is 0.124. The minimum Gasteiger partial charge on any atom is -0.367 e. The number of rotatable bonds is 6. The van der Waals surface area contributed by atoms with Crippen molar-refractivity contribution in [2.75, 3.05) is 23.7 Å². The van der Waals surface area contributed by atoms with Crippen molar-refractivity contribution in [3.05, 3.63) is 10.7 Å². The molecular formula is C12H18BrN5O. The molecule has 1 saturated heterocycles. The summed E-state index contributed by atoms with van der Waals surface area (Å²) in [7, 11) is 0. The average Bonchev–Trinajstić information content (AvgIpc) is 2.82. The first-order chi connectivity index (χ1) is 9.19. The quantitative estimate of drug-likeness (QED) is 0.741. The number of nitrogens with zero attached hydrogens (tertiary/aromatic N) is 2. The summed E-state index contributed by atoms with van der Waals surface area (Å²) >= 11 is 3.42. The lowest BCUT2D eigenvalue weighted by atomic mass is 10.2. The number of amides is 1. The standard InChI is InChI=1S/C12H18BrN5O/c1-2-5-14-12-16-7-9(13)11(18-12)15-6-8-3-4-10(19)17-8/h7-8H,2-6H2,1H3,(H,17,19)(H2,14,15,16,18). The number of hydrogen-bond acceptors (Lipinski definition) is 5. The second-order valence-electron chi connectivity index (χ2n) is 4.50. The lowest BCUT2D eigenvalue weighted by Gasteiger charge is -2.13. The molecule has 1 aliphatic heterocycles. The second kappa shape index (κ2) is 6.70. The maximum absolute atomic E-state index is 11.1. The Morgan fingerprint density at radius 1 is 1.53 bits per heavy atom. The Labute approximate surface area is 120 Å². The minimum atomic E-state index is 0.124. The van der Waals surface area contributed by atoms with E-state index in [0.29, 0.717) is 18.9 Å². The Bertz CT molecular complexity index is 454. The van der Waals surface area contributed by atoms with Crippen LogP contribution in [0, 0.1) is 0 Å². The molecule has 2 heterocycles. The van der Waals surface area contributed by atoms with Gasteiger partial charge in [-0.05, 0) is 28.8 Å². The SMILES string of the molecule is CCCNc1ncc(Br)c(NCC2CCC(=O)N2)n1. The van der Waals surface area contributed by atoms with Gasteiger partial charge in [0, 0.05) is 31.7 Å². The summed E-state index contributed by atoms with van der Waals surface area (Å²) in [6, 6.07) is 0.182. The average molecular weight is 328 g/mol. The van der Waals surface area contributed by atoms with E-state index in [1.165, 1.54) is 0 Å². The lowest BCUT2D eigenvalue weighted by Crippen LogP contribution is -2.32. The number of halogens is 1. The van der Waals surface area contributed by atoms with Crippen molar-refractivity contribution in [1.29, 1.82) is 0 Å². The molecule has 7 heteroatoms. The smallest absolute Gasteiger partial charge is 0.224 e. The summed E-state index contributed by atoms with van der Waals surface area (Å²) in [6.45, 7) is 3.61. The lowest BCUT2D eigenvalue weighted by molar-refractivity contribution is -0.119. The van der Waals surface area contributed by atoms with Gasteiger partial charge in [-0.2, -0.15) is 4.98 Å². The van der Waals surface area contributed by atoms with Crippen molar-refractivity contribution < 1.29 is 4.79 Å². The third-order valence-electron chi connectivity index (χ3n) is 2.88. The molecule has 1 unspecified atom stereocenters. The van der Waals surface area contributed by atoms with E-state index >= 15 is 0 Å². The number of hydrogen-bond donors (Lipinski definition) is 3. The third-order valence-corrected chi connectivity index (χ3v) is 3.46. The molecule has 1 aromatic heterocycles. The van der Waals surface area contributed by atoms with Crippen LogP contribution in [0.2, 0.25) is 0 Å². The molecule has 1 amide bonds. The highest BCUT2D eigenvalue weighted by atomic mass is 79.9. The summed E-state index contributed by atoms with van der Waals surface area (Å²) in [5.74, 6) is 1.48. The van der Waals surface area contributed by atoms with Crippen LogP contribution >= 0.6 is 15.9 Å². The van der Waals surface area contributed by atoms with E-state index in [2.05, 4.69) is 48.8 Å². The van der Waals surface area contributed by atoms with Crippen molar-refractivity contribution in [2.45, 2.75) is 32.2 Å². The molecule has 0 aromatic carbocycles. The Morgan fingerprint density at radius 2 is 2.37 bits per heavy atom. The molecule has 104 valence electrons. The summed E-state index contributed by atoms with van der Waals surface area (Å²) < 4.78 is 0.818. The van der Waals surface area contributed by atoms with Crippen LogP contribution in [0.1, 0.15) is 26.2 Å². The molecule has 3 N–H and O–H groups in total. The van der Waals surface area contributed by atoms with Gasteiger partial charge in [0.05, 0.1) is 4.47 Å². The van der Waals surface area contributed by atoms with Gasteiger partial charge in [-0.25, -0.2) is 4.98 Å². The first-order valence-corrected chi connectivity index (χ1v) is 7.28. The van der Waals surface area contributed by atoms with E-state index in [1.54, 1.807) is 6.20 Å². The highest BCUT2D eigenvalue weighted by molar-refractivity contribution is 9.10. The van der Waals surface area contributed by atoms with E-state index in [-0.39, 0.29) is 11.9 Å². The van der Waals surface area contributed by atoms with Crippen LogP contribution in [-0.4, -0.2) is 35.0 Å². The van der Waals surface area contributed by atoms with Crippen LogP contribution in [0.15, 0.2) is 10.7 Å². The number of carbonyl (C=O) groups excluding carboxylic acids is 1. The first kappa shape index (κ1) is 14.0. The van der Waals surface area contributed by atoms with E-state index in [9.17, 15) is 4.79 Å². The first-order valence-electron chi connectivity index (χ1n) is 6.48. The van der Waals surface area contributed by atoms with E-state index in [4.69, 9.17) is 0 Å². The largest absolute Gasteiger partial charge is 0.367 e. The summed E-state index contributed by atoms with van der Waals surface area (Å²) in [5.41, 5.74) is 0. The van der Waals surface area contributed by atoms with Gasteiger partial charge in [0.15, 0.2) is 0 Å². The van der Waals surface area contributed by atoms with Crippen LogP contribution in [-0.2, 0) is 4.79 Å². The van der Waals surface area contributed by atoms with Crippen molar-refractivity contribution in [3.63, 3.8) is 0 Å². The number of aromatic nitrogens is 2. The van der Waals surface area contributed by atoms with Gasteiger partial charge in [0.2, 0.25) is 11.9 Å². The zero-order valence-corrected chi connectivity index (χ0v) is 12.5. The Balaban J connectivity index is 1.92. The second-order valence-corrected chi connectivity index (χ2v) is 5.36. The fourth-order valence-corrected chi connectivity index (χ4v) is 2.19. The van der Waals surface area contributed by atoms with E-state index in [1.807, 2.05) is 0 Å². The van der Waals surface area contributed by atoms with Crippen LogP contribution in [0.3, 0.4) is 0 Å². The molecular weight excluding hydrogens is 310 g/mol. The van der Waals surface area contributed by atoms with Crippen LogP contribution in [0.25, 0.3) is 0 Å². The monoisotopic (exact) mass is 327 g/mol. The Kier molecular flexibility index (Phi) is 4.95. The van der Waals surface area contributed by atoms with Gasteiger partial charge in [-0.15, -0.1) is 0 Å². The molecule has 19 heavy (non-hydrogen) atoms.